The smallest absolute Gasteiger partial charge is 0.253 e. The van der Waals surface area contributed by atoms with E-state index >= 15 is 0 Å². The quantitative estimate of drug-likeness (QED) is 0.735. The monoisotopic (exact) mass is 412 g/mol. The fourth-order valence-corrected chi connectivity index (χ4v) is 4.26. The molecule has 0 radical (unpaired) electrons. The van der Waals surface area contributed by atoms with Crippen LogP contribution in [0.15, 0.2) is 36.4 Å². The third-order valence-electron chi connectivity index (χ3n) is 5.96. The van der Waals surface area contributed by atoms with Crippen LogP contribution in [0.5, 0.6) is 5.75 Å². The van der Waals surface area contributed by atoms with Crippen molar-refractivity contribution in [2.45, 2.75) is 31.8 Å². The Morgan fingerprint density at radius 1 is 1.14 bits per heavy atom. The number of piperidine rings is 1. The second-order valence-electron chi connectivity index (χ2n) is 8.22. The molecule has 2 aliphatic heterocycles. The molecule has 0 aromatic heterocycles. The highest BCUT2D eigenvalue weighted by molar-refractivity contribution is 6.31. The molecule has 0 atom stereocenters. The summed E-state index contributed by atoms with van der Waals surface area (Å²) in [4.78, 5) is 29.5. The van der Waals surface area contributed by atoms with Crippen molar-refractivity contribution < 1.29 is 14.3 Å². The minimum Gasteiger partial charge on any atom is -0.486 e. The van der Waals surface area contributed by atoms with E-state index in [1.165, 1.54) is 0 Å². The third-order valence-corrected chi connectivity index (χ3v) is 6.37. The molecule has 0 aliphatic carbocycles. The van der Waals surface area contributed by atoms with Gasteiger partial charge in [0, 0.05) is 56.3 Å². The molecule has 0 unspecified atom stereocenters. The summed E-state index contributed by atoms with van der Waals surface area (Å²) in [6.07, 6.45) is 1.61. The summed E-state index contributed by atoms with van der Waals surface area (Å²) in [5, 5.41) is 0.581. The van der Waals surface area contributed by atoms with Gasteiger partial charge in [0.2, 0.25) is 0 Å². The van der Waals surface area contributed by atoms with Crippen molar-refractivity contribution in [3.8, 4) is 5.75 Å². The molecule has 1 spiro atoms. The number of fused-ring (bicyclic) bond motifs is 1. The SMILES string of the molecule is Cc1cc2c(cc1Cl)C(=O)CC1(CCN(C(=O)c3ccc(N(C)C)cc3)CC1)O2. The topological polar surface area (TPSA) is 49.9 Å². The summed E-state index contributed by atoms with van der Waals surface area (Å²) in [6.45, 7) is 3.05. The van der Waals surface area contributed by atoms with Crippen LogP contribution in [0.25, 0.3) is 0 Å². The number of ether oxygens (including phenoxy) is 1. The predicted molar refractivity (Wildman–Crippen MR) is 114 cm³/mol. The zero-order valence-corrected chi connectivity index (χ0v) is 17.8. The molecule has 5 nitrogen and oxygen atoms in total. The number of halogens is 1. The number of carbonyl (C=O) groups is 2. The summed E-state index contributed by atoms with van der Waals surface area (Å²) in [5.74, 6) is 0.699. The van der Waals surface area contributed by atoms with Crippen molar-refractivity contribution in [3.05, 3.63) is 58.1 Å². The number of carbonyl (C=O) groups excluding carboxylic acids is 2. The Labute approximate surface area is 176 Å². The summed E-state index contributed by atoms with van der Waals surface area (Å²) < 4.78 is 6.32. The van der Waals surface area contributed by atoms with Crippen LogP contribution in [0, 0.1) is 6.92 Å². The molecule has 2 aromatic carbocycles. The van der Waals surface area contributed by atoms with Gasteiger partial charge in [-0.1, -0.05) is 11.6 Å². The molecule has 2 aliphatic rings. The number of hydrogen-bond donors (Lipinski definition) is 0. The first-order valence-electron chi connectivity index (χ1n) is 9.87. The highest BCUT2D eigenvalue weighted by Crippen LogP contribution is 2.41. The maximum atomic E-state index is 12.9. The number of hydrogen-bond acceptors (Lipinski definition) is 4. The average Bonchev–Trinajstić information content (AvgIpc) is 2.70. The minimum atomic E-state index is -0.532. The molecule has 6 heteroatoms. The Hall–Kier alpha value is -2.53. The predicted octanol–water partition coefficient (Wildman–Crippen LogP) is 4.35. The van der Waals surface area contributed by atoms with Crippen LogP contribution in [0.2, 0.25) is 5.02 Å². The van der Waals surface area contributed by atoms with Gasteiger partial charge in [0.05, 0.1) is 12.0 Å². The van der Waals surface area contributed by atoms with E-state index in [9.17, 15) is 9.59 Å². The van der Waals surface area contributed by atoms with Crippen LogP contribution in [0.1, 0.15) is 45.5 Å². The average molecular weight is 413 g/mol. The first kappa shape index (κ1) is 19.8. The number of Topliss-reactive ketones (excluding diaryl/α,β-unsaturated/α-hetero) is 1. The molecule has 2 heterocycles. The number of benzene rings is 2. The van der Waals surface area contributed by atoms with E-state index in [2.05, 4.69) is 0 Å². The van der Waals surface area contributed by atoms with Crippen LogP contribution in [-0.2, 0) is 0 Å². The van der Waals surface area contributed by atoms with Gasteiger partial charge in [-0.2, -0.15) is 0 Å². The van der Waals surface area contributed by atoms with Gasteiger partial charge in [-0.25, -0.2) is 0 Å². The fraction of sp³-hybridized carbons (Fsp3) is 0.391. The molecule has 1 saturated heterocycles. The van der Waals surface area contributed by atoms with E-state index in [0.29, 0.717) is 54.3 Å². The van der Waals surface area contributed by atoms with Gasteiger partial charge in [0.1, 0.15) is 11.4 Å². The van der Waals surface area contributed by atoms with Gasteiger partial charge in [-0.15, -0.1) is 0 Å². The van der Waals surface area contributed by atoms with Crippen LogP contribution < -0.4 is 9.64 Å². The molecule has 0 N–H and O–H groups in total. The van der Waals surface area contributed by atoms with Crippen LogP contribution in [-0.4, -0.2) is 49.4 Å². The summed E-state index contributed by atoms with van der Waals surface area (Å²) >= 11 is 6.17. The Balaban J connectivity index is 1.47. The lowest BCUT2D eigenvalue weighted by molar-refractivity contribution is -0.00573. The number of nitrogens with zero attached hydrogens (tertiary/aromatic N) is 2. The van der Waals surface area contributed by atoms with E-state index < -0.39 is 5.60 Å². The van der Waals surface area contributed by atoms with E-state index in [-0.39, 0.29) is 11.7 Å². The van der Waals surface area contributed by atoms with Gasteiger partial charge >= 0.3 is 0 Å². The van der Waals surface area contributed by atoms with E-state index in [0.717, 1.165) is 11.3 Å². The lowest BCUT2D eigenvalue weighted by atomic mass is 9.82. The molecule has 1 fully saturated rings. The largest absolute Gasteiger partial charge is 0.486 e. The normalized spacial score (nSPS) is 17.7. The van der Waals surface area contributed by atoms with E-state index in [1.807, 2.05) is 61.2 Å². The number of aryl methyl sites for hydroxylation is 1. The standard InChI is InChI=1S/C23H25ClN2O3/c1-15-12-21-18(13-19(15)24)20(27)14-23(29-21)8-10-26(11-9-23)22(28)16-4-6-17(7-5-16)25(2)3/h4-7,12-13H,8-11,14H2,1-3H3. The minimum absolute atomic E-state index is 0.0234. The van der Waals surface area contributed by atoms with Crippen LogP contribution in [0.3, 0.4) is 0 Å². The van der Waals surface area contributed by atoms with E-state index in [4.69, 9.17) is 16.3 Å². The van der Waals surface area contributed by atoms with E-state index in [1.54, 1.807) is 6.07 Å². The molecular weight excluding hydrogens is 388 g/mol. The first-order chi connectivity index (χ1) is 13.8. The van der Waals surface area contributed by atoms with Crippen LogP contribution >= 0.6 is 11.6 Å². The molecule has 0 bridgehead atoms. The fourth-order valence-electron chi connectivity index (χ4n) is 4.10. The summed E-state index contributed by atoms with van der Waals surface area (Å²) in [6, 6.07) is 11.2. The van der Waals surface area contributed by atoms with Crippen molar-refractivity contribution in [2.75, 3.05) is 32.1 Å². The van der Waals surface area contributed by atoms with Gasteiger partial charge in [0.15, 0.2) is 5.78 Å². The zero-order chi connectivity index (χ0) is 20.8. The lowest BCUT2D eigenvalue weighted by Gasteiger charge is -2.44. The van der Waals surface area contributed by atoms with Gasteiger partial charge in [0.25, 0.3) is 5.91 Å². The number of ketones is 1. The number of amides is 1. The maximum absolute atomic E-state index is 12.9. The molecule has 1 amide bonds. The summed E-state index contributed by atoms with van der Waals surface area (Å²) in [7, 11) is 3.94. The Morgan fingerprint density at radius 2 is 1.79 bits per heavy atom. The van der Waals surface area contributed by atoms with Crippen molar-refractivity contribution >= 4 is 29.0 Å². The molecular formula is C23H25ClN2O3. The van der Waals surface area contributed by atoms with Crippen molar-refractivity contribution in [3.63, 3.8) is 0 Å². The van der Waals surface area contributed by atoms with Crippen LogP contribution in [0.4, 0.5) is 5.69 Å². The second kappa shape index (κ2) is 7.38. The lowest BCUT2D eigenvalue weighted by Crippen LogP contribution is -2.52. The van der Waals surface area contributed by atoms with Gasteiger partial charge < -0.3 is 14.5 Å². The van der Waals surface area contributed by atoms with Crippen molar-refractivity contribution in [2.24, 2.45) is 0 Å². The highest BCUT2D eigenvalue weighted by Gasteiger charge is 2.44. The zero-order valence-electron chi connectivity index (χ0n) is 17.0. The molecule has 0 saturated carbocycles. The number of likely N-dealkylation sites (tertiary alicyclic amines) is 1. The third kappa shape index (κ3) is 3.71. The highest BCUT2D eigenvalue weighted by atomic mass is 35.5. The van der Waals surface area contributed by atoms with Crippen molar-refractivity contribution in [1.82, 2.24) is 4.90 Å². The first-order valence-corrected chi connectivity index (χ1v) is 10.2. The Kier molecular flexibility index (Phi) is 5.03. The Morgan fingerprint density at radius 3 is 2.41 bits per heavy atom. The molecule has 29 heavy (non-hydrogen) atoms. The second-order valence-corrected chi connectivity index (χ2v) is 8.62. The molecule has 4 rings (SSSR count). The Bertz CT molecular complexity index is 961. The van der Waals surface area contributed by atoms with Crippen molar-refractivity contribution in [1.29, 1.82) is 0 Å². The number of anilines is 1. The van der Waals surface area contributed by atoms with Gasteiger partial charge in [-0.3, -0.25) is 9.59 Å². The molecule has 152 valence electrons. The maximum Gasteiger partial charge on any atom is 0.253 e. The number of rotatable bonds is 2. The summed E-state index contributed by atoms with van der Waals surface area (Å²) in [5.41, 5.74) is 2.66. The van der Waals surface area contributed by atoms with Gasteiger partial charge in [-0.05, 0) is 48.9 Å². The molecule has 2 aromatic rings.